The molecule has 0 bridgehead atoms. The molecule has 1 saturated heterocycles. The van der Waals surface area contributed by atoms with Crippen molar-refractivity contribution in [3.8, 4) is 0 Å². The minimum atomic E-state index is 0.236. The molecule has 0 amide bonds. The zero-order chi connectivity index (χ0) is 13.0. The number of likely N-dealkylation sites (tertiary alicyclic amines) is 1. The average Bonchev–Trinajstić information content (AvgIpc) is 2.73. The van der Waals surface area contributed by atoms with Gasteiger partial charge in [0.1, 0.15) is 0 Å². The van der Waals surface area contributed by atoms with Crippen molar-refractivity contribution < 1.29 is 0 Å². The van der Waals surface area contributed by atoms with E-state index in [4.69, 9.17) is 5.73 Å². The fraction of sp³-hybridized carbons (Fsp3) is 0.786. The Morgan fingerprint density at radius 1 is 1.39 bits per heavy atom. The number of likely N-dealkylation sites (N-methyl/N-ethyl adjacent to an activating group) is 1. The third-order valence-corrected chi connectivity index (χ3v) is 3.93. The summed E-state index contributed by atoms with van der Waals surface area (Å²) >= 11 is 0. The number of nitrogens with zero attached hydrogens (tertiary/aromatic N) is 3. The zero-order valence-corrected chi connectivity index (χ0v) is 11.7. The predicted octanol–water partition coefficient (Wildman–Crippen LogP) is 2.17. The highest BCUT2D eigenvalue weighted by molar-refractivity contribution is 5.11. The second kappa shape index (κ2) is 6.34. The first-order valence-corrected chi connectivity index (χ1v) is 7.29. The molecule has 2 atom stereocenters. The molecule has 4 nitrogen and oxygen atoms in total. The highest BCUT2D eigenvalue weighted by Crippen LogP contribution is 2.29. The van der Waals surface area contributed by atoms with Crippen molar-refractivity contribution >= 4 is 0 Å². The lowest BCUT2D eigenvalue weighted by Gasteiger charge is -2.32. The Hall–Kier alpha value is -0.870. The summed E-state index contributed by atoms with van der Waals surface area (Å²) in [4.78, 5) is 2.51. The highest BCUT2D eigenvalue weighted by atomic mass is 15.3. The molecule has 1 aliphatic rings. The molecule has 1 aromatic rings. The Kier molecular flexibility index (Phi) is 4.78. The molecule has 2 rings (SSSR count). The van der Waals surface area contributed by atoms with Crippen LogP contribution in [0.15, 0.2) is 12.3 Å². The lowest BCUT2D eigenvalue weighted by atomic mass is 10.0. The third kappa shape index (κ3) is 2.75. The molecule has 2 N–H and O–H groups in total. The Bertz CT molecular complexity index is 360. The molecular weight excluding hydrogens is 224 g/mol. The number of hydrogen-bond acceptors (Lipinski definition) is 3. The molecule has 1 aliphatic heterocycles. The number of aromatic nitrogens is 2. The van der Waals surface area contributed by atoms with Gasteiger partial charge in [0.05, 0.1) is 11.7 Å². The van der Waals surface area contributed by atoms with Crippen LogP contribution in [0.5, 0.6) is 0 Å². The van der Waals surface area contributed by atoms with Crippen molar-refractivity contribution in [3.05, 3.63) is 18.0 Å². The minimum Gasteiger partial charge on any atom is -0.326 e. The predicted molar refractivity (Wildman–Crippen MR) is 74.3 cm³/mol. The van der Waals surface area contributed by atoms with Gasteiger partial charge in [0.15, 0.2) is 0 Å². The van der Waals surface area contributed by atoms with Crippen LogP contribution >= 0.6 is 0 Å². The van der Waals surface area contributed by atoms with Crippen molar-refractivity contribution in [2.45, 2.75) is 58.2 Å². The van der Waals surface area contributed by atoms with Crippen LogP contribution in [0.2, 0.25) is 0 Å². The number of aryl methyl sites for hydroxylation is 1. The van der Waals surface area contributed by atoms with Crippen LogP contribution in [0, 0.1) is 0 Å². The molecule has 4 heteroatoms. The largest absolute Gasteiger partial charge is 0.326 e. The van der Waals surface area contributed by atoms with Crippen molar-refractivity contribution in [1.82, 2.24) is 14.7 Å². The number of hydrogen-bond donors (Lipinski definition) is 1. The minimum absolute atomic E-state index is 0.236. The van der Waals surface area contributed by atoms with E-state index in [1.165, 1.54) is 18.5 Å². The Morgan fingerprint density at radius 3 is 2.94 bits per heavy atom. The maximum Gasteiger partial charge on any atom is 0.0670 e. The van der Waals surface area contributed by atoms with Crippen LogP contribution in [0.3, 0.4) is 0 Å². The van der Waals surface area contributed by atoms with Gasteiger partial charge in [0, 0.05) is 18.8 Å². The van der Waals surface area contributed by atoms with E-state index in [1.54, 1.807) is 0 Å². The Labute approximate surface area is 110 Å². The molecular formula is C14H26N4. The van der Waals surface area contributed by atoms with Gasteiger partial charge in [-0.2, -0.15) is 5.10 Å². The summed E-state index contributed by atoms with van der Waals surface area (Å²) in [5, 5.41) is 4.45. The topological polar surface area (TPSA) is 47.1 Å². The summed E-state index contributed by atoms with van der Waals surface area (Å²) in [5.74, 6) is 0. The highest BCUT2D eigenvalue weighted by Gasteiger charge is 2.30. The Morgan fingerprint density at radius 2 is 2.22 bits per heavy atom. The van der Waals surface area contributed by atoms with Crippen LogP contribution in [-0.2, 0) is 6.54 Å². The SMILES string of the molecule is CCCn1nccc1C1C(N)CCCCN1CC. The van der Waals surface area contributed by atoms with Gasteiger partial charge in [-0.05, 0) is 38.4 Å². The van der Waals surface area contributed by atoms with E-state index < -0.39 is 0 Å². The van der Waals surface area contributed by atoms with Crippen LogP contribution in [0.4, 0.5) is 0 Å². The van der Waals surface area contributed by atoms with E-state index in [9.17, 15) is 0 Å². The summed E-state index contributed by atoms with van der Waals surface area (Å²) < 4.78 is 2.14. The molecule has 18 heavy (non-hydrogen) atoms. The van der Waals surface area contributed by atoms with Crippen LogP contribution in [0.1, 0.15) is 51.3 Å². The second-order valence-corrected chi connectivity index (χ2v) is 5.21. The van der Waals surface area contributed by atoms with Gasteiger partial charge in [0.2, 0.25) is 0 Å². The summed E-state index contributed by atoms with van der Waals surface area (Å²) in [5.41, 5.74) is 7.72. The fourth-order valence-corrected chi connectivity index (χ4v) is 3.02. The summed E-state index contributed by atoms with van der Waals surface area (Å²) in [6.45, 7) is 7.63. The maximum atomic E-state index is 6.42. The standard InChI is InChI=1S/C14H26N4/c1-3-10-18-13(8-9-16-18)14-12(15)7-5-6-11-17(14)4-2/h8-9,12,14H,3-7,10-11,15H2,1-2H3. The first-order chi connectivity index (χ1) is 8.77. The second-order valence-electron chi connectivity index (χ2n) is 5.21. The molecule has 0 radical (unpaired) electrons. The summed E-state index contributed by atoms with van der Waals surface area (Å²) in [7, 11) is 0. The van der Waals surface area contributed by atoms with Gasteiger partial charge in [0.25, 0.3) is 0 Å². The van der Waals surface area contributed by atoms with Crippen molar-refractivity contribution in [3.63, 3.8) is 0 Å². The number of nitrogens with two attached hydrogens (primary N) is 1. The molecule has 102 valence electrons. The normalized spacial score (nSPS) is 26.2. The lowest BCUT2D eigenvalue weighted by molar-refractivity contribution is 0.185. The zero-order valence-electron chi connectivity index (χ0n) is 11.7. The van der Waals surface area contributed by atoms with Gasteiger partial charge < -0.3 is 5.73 Å². The summed E-state index contributed by atoms with van der Waals surface area (Å²) in [6, 6.07) is 2.72. The van der Waals surface area contributed by atoms with Gasteiger partial charge in [-0.3, -0.25) is 9.58 Å². The van der Waals surface area contributed by atoms with E-state index in [2.05, 4.69) is 34.6 Å². The molecule has 0 aliphatic carbocycles. The monoisotopic (exact) mass is 250 g/mol. The molecule has 1 aromatic heterocycles. The average molecular weight is 250 g/mol. The van der Waals surface area contributed by atoms with Crippen molar-refractivity contribution in [1.29, 1.82) is 0 Å². The lowest BCUT2D eigenvalue weighted by Crippen LogP contribution is -2.40. The number of rotatable bonds is 4. The third-order valence-electron chi connectivity index (χ3n) is 3.93. The molecule has 2 unspecified atom stereocenters. The molecule has 0 aromatic carbocycles. The molecule has 1 fully saturated rings. The van der Waals surface area contributed by atoms with Crippen molar-refractivity contribution in [2.75, 3.05) is 13.1 Å². The van der Waals surface area contributed by atoms with E-state index in [0.29, 0.717) is 6.04 Å². The van der Waals surface area contributed by atoms with E-state index in [0.717, 1.165) is 32.5 Å². The molecule has 0 spiro atoms. The van der Waals surface area contributed by atoms with Gasteiger partial charge >= 0.3 is 0 Å². The first-order valence-electron chi connectivity index (χ1n) is 7.29. The van der Waals surface area contributed by atoms with Crippen LogP contribution in [0.25, 0.3) is 0 Å². The smallest absolute Gasteiger partial charge is 0.0670 e. The Balaban J connectivity index is 2.27. The van der Waals surface area contributed by atoms with Crippen LogP contribution in [-0.4, -0.2) is 33.8 Å². The maximum absolute atomic E-state index is 6.42. The van der Waals surface area contributed by atoms with E-state index in [1.807, 2.05) is 6.20 Å². The van der Waals surface area contributed by atoms with Crippen molar-refractivity contribution in [2.24, 2.45) is 5.73 Å². The summed E-state index contributed by atoms with van der Waals surface area (Å²) in [6.07, 6.45) is 6.66. The van der Waals surface area contributed by atoms with E-state index >= 15 is 0 Å². The molecule has 2 heterocycles. The van der Waals surface area contributed by atoms with Gasteiger partial charge in [-0.25, -0.2) is 0 Å². The quantitative estimate of drug-likeness (QED) is 0.891. The first kappa shape index (κ1) is 13.6. The molecule has 0 saturated carbocycles. The van der Waals surface area contributed by atoms with Crippen LogP contribution < -0.4 is 5.73 Å². The van der Waals surface area contributed by atoms with Gasteiger partial charge in [-0.15, -0.1) is 0 Å². The van der Waals surface area contributed by atoms with E-state index in [-0.39, 0.29) is 6.04 Å². The fourth-order valence-electron chi connectivity index (χ4n) is 3.02. The van der Waals surface area contributed by atoms with Gasteiger partial charge in [-0.1, -0.05) is 20.3 Å².